The average molecular weight is 337 g/mol. The first-order valence-corrected chi connectivity index (χ1v) is 10.4. The van der Waals surface area contributed by atoms with Crippen LogP contribution in [0.5, 0.6) is 0 Å². The summed E-state index contributed by atoms with van der Waals surface area (Å²) in [4.78, 5) is 23.6. The maximum absolute atomic E-state index is 11.8. The summed E-state index contributed by atoms with van der Waals surface area (Å²) in [6.07, 6.45) is 20.6. The molecule has 0 aromatic heterocycles. The fourth-order valence-corrected chi connectivity index (χ4v) is 2.98. The van der Waals surface area contributed by atoms with Crippen LogP contribution in [0.3, 0.4) is 0 Å². The number of carbonyl (C=O) groups is 2. The first kappa shape index (κ1) is 23.1. The molecule has 0 saturated carbocycles. The van der Waals surface area contributed by atoms with Gasteiger partial charge in [-0.25, -0.2) is 0 Å². The van der Waals surface area contributed by atoms with E-state index in [1.54, 1.807) is 0 Å². The maximum atomic E-state index is 11.8. The standard InChI is InChI=1S/C22H40O2/c1-3-5-7-9-11-13-15-17-19-21(23)22(24)20-18-16-14-12-10-8-6-4-2/h3H,1,4-20H2,2H3. The Labute approximate surface area is 150 Å². The van der Waals surface area contributed by atoms with Gasteiger partial charge in [-0.05, 0) is 25.7 Å². The van der Waals surface area contributed by atoms with Gasteiger partial charge in [-0.3, -0.25) is 9.59 Å². The van der Waals surface area contributed by atoms with E-state index in [9.17, 15) is 9.59 Å². The minimum absolute atomic E-state index is 0.132. The Kier molecular flexibility index (Phi) is 17.7. The van der Waals surface area contributed by atoms with E-state index in [0.717, 1.165) is 32.1 Å². The fraction of sp³-hybridized carbons (Fsp3) is 0.818. The summed E-state index contributed by atoms with van der Waals surface area (Å²) in [6.45, 7) is 5.95. The highest BCUT2D eigenvalue weighted by molar-refractivity contribution is 6.37. The van der Waals surface area contributed by atoms with Crippen molar-refractivity contribution in [3.63, 3.8) is 0 Å². The minimum Gasteiger partial charge on any atom is -0.291 e. The van der Waals surface area contributed by atoms with Crippen molar-refractivity contribution in [1.82, 2.24) is 0 Å². The SMILES string of the molecule is C=CCCCCCCCCC(=O)C(=O)CCCCCCCCCC. The molecule has 0 rings (SSSR count). The third kappa shape index (κ3) is 16.0. The summed E-state index contributed by atoms with van der Waals surface area (Å²) in [5, 5.41) is 0. The van der Waals surface area contributed by atoms with Crippen LogP contribution in [0, 0.1) is 0 Å². The summed E-state index contributed by atoms with van der Waals surface area (Å²) in [7, 11) is 0. The van der Waals surface area contributed by atoms with Crippen LogP contribution in [0.4, 0.5) is 0 Å². The predicted molar refractivity (Wildman–Crippen MR) is 104 cm³/mol. The third-order valence-corrected chi connectivity index (χ3v) is 4.63. The second-order valence-corrected chi connectivity index (χ2v) is 7.02. The van der Waals surface area contributed by atoms with E-state index in [4.69, 9.17) is 0 Å². The molecule has 0 aromatic rings. The Hall–Kier alpha value is -0.920. The molecule has 0 aliphatic heterocycles. The van der Waals surface area contributed by atoms with Crippen molar-refractivity contribution in [3.8, 4) is 0 Å². The molecular formula is C22H40O2. The predicted octanol–water partition coefficient (Wildman–Crippen LogP) is 6.96. The average Bonchev–Trinajstić information content (AvgIpc) is 2.59. The molecule has 0 radical (unpaired) electrons. The van der Waals surface area contributed by atoms with E-state index >= 15 is 0 Å². The van der Waals surface area contributed by atoms with Crippen molar-refractivity contribution in [1.29, 1.82) is 0 Å². The number of hydrogen-bond acceptors (Lipinski definition) is 2. The van der Waals surface area contributed by atoms with Crippen molar-refractivity contribution >= 4 is 11.6 Å². The Morgan fingerprint density at radius 2 is 1.00 bits per heavy atom. The second-order valence-electron chi connectivity index (χ2n) is 7.02. The topological polar surface area (TPSA) is 34.1 Å². The zero-order valence-corrected chi connectivity index (χ0v) is 16.1. The molecule has 2 heteroatoms. The first-order valence-electron chi connectivity index (χ1n) is 10.4. The largest absolute Gasteiger partial charge is 0.291 e. The van der Waals surface area contributed by atoms with Gasteiger partial charge in [-0.15, -0.1) is 6.58 Å². The Balaban J connectivity index is 3.37. The highest BCUT2D eigenvalue weighted by Gasteiger charge is 2.12. The molecule has 0 bridgehead atoms. The minimum atomic E-state index is -0.135. The van der Waals surface area contributed by atoms with Gasteiger partial charge in [0.05, 0.1) is 0 Å². The summed E-state index contributed by atoms with van der Waals surface area (Å²) < 4.78 is 0. The fourth-order valence-electron chi connectivity index (χ4n) is 2.98. The van der Waals surface area contributed by atoms with Crippen LogP contribution < -0.4 is 0 Å². The second kappa shape index (κ2) is 18.4. The van der Waals surface area contributed by atoms with Crippen molar-refractivity contribution in [2.24, 2.45) is 0 Å². The van der Waals surface area contributed by atoms with E-state index in [1.807, 2.05) is 6.08 Å². The van der Waals surface area contributed by atoms with Crippen LogP contribution in [0.25, 0.3) is 0 Å². The molecular weight excluding hydrogens is 296 g/mol. The molecule has 0 spiro atoms. The van der Waals surface area contributed by atoms with Crippen LogP contribution in [0.15, 0.2) is 12.7 Å². The summed E-state index contributed by atoms with van der Waals surface area (Å²) >= 11 is 0. The number of ketones is 2. The lowest BCUT2D eigenvalue weighted by Gasteiger charge is -2.03. The Bertz CT molecular complexity index is 320. The molecule has 2 nitrogen and oxygen atoms in total. The van der Waals surface area contributed by atoms with E-state index in [2.05, 4.69) is 13.5 Å². The molecule has 0 aromatic carbocycles. The van der Waals surface area contributed by atoms with Gasteiger partial charge in [0.1, 0.15) is 0 Å². The molecule has 0 saturated heterocycles. The van der Waals surface area contributed by atoms with E-state index in [1.165, 1.54) is 64.2 Å². The molecule has 140 valence electrons. The molecule has 0 atom stereocenters. The highest BCUT2D eigenvalue weighted by Crippen LogP contribution is 2.12. The number of carbonyl (C=O) groups excluding carboxylic acids is 2. The number of Topliss-reactive ketones (excluding diaryl/α,β-unsaturated/α-hetero) is 2. The third-order valence-electron chi connectivity index (χ3n) is 4.63. The van der Waals surface area contributed by atoms with Crippen molar-refractivity contribution < 1.29 is 9.59 Å². The van der Waals surface area contributed by atoms with Crippen molar-refractivity contribution in [3.05, 3.63) is 12.7 Å². The number of unbranched alkanes of at least 4 members (excludes halogenated alkanes) is 13. The van der Waals surface area contributed by atoms with Crippen molar-refractivity contribution in [2.75, 3.05) is 0 Å². The van der Waals surface area contributed by atoms with Gasteiger partial charge < -0.3 is 0 Å². The summed E-state index contributed by atoms with van der Waals surface area (Å²) in [5.74, 6) is -0.267. The Morgan fingerprint density at radius 3 is 1.42 bits per heavy atom. The van der Waals surface area contributed by atoms with Gasteiger partial charge in [0.2, 0.25) is 0 Å². The molecule has 0 N–H and O–H groups in total. The molecule has 0 aliphatic carbocycles. The molecule has 0 amide bonds. The zero-order chi connectivity index (χ0) is 17.9. The van der Waals surface area contributed by atoms with Gasteiger partial charge in [0.15, 0.2) is 11.6 Å². The molecule has 0 aliphatic rings. The lowest BCUT2D eigenvalue weighted by molar-refractivity contribution is -0.136. The number of hydrogen-bond donors (Lipinski definition) is 0. The van der Waals surface area contributed by atoms with Crippen LogP contribution in [0.2, 0.25) is 0 Å². The van der Waals surface area contributed by atoms with Crippen LogP contribution >= 0.6 is 0 Å². The summed E-state index contributed by atoms with van der Waals surface area (Å²) in [5.41, 5.74) is 0. The van der Waals surface area contributed by atoms with Gasteiger partial charge in [-0.1, -0.05) is 83.6 Å². The summed E-state index contributed by atoms with van der Waals surface area (Å²) in [6, 6.07) is 0. The lowest BCUT2D eigenvalue weighted by Crippen LogP contribution is -2.13. The van der Waals surface area contributed by atoms with Gasteiger partial charge in [0.25, 0.3) is 0 Å². The van der Waals surface area contributed by atoms with E-state index in [0.29, 0.717) is 12.8 Å². The van der Waals surface area contributed by atoms with Crippen LogP contribution in [0.1, 0.15) is 116 Å². The Morgan fingerprint density at radius 1 is 0.625 bits per heavy atom. The zero-order valence-electron chi connectivity index (χ0n) is 16.1. The van der Waals surface area contributed by atoms with Gasteiger partial charge in [0, 0.05) is 12.8 Å². The van der Waals surface area contributed by atoms with Crippen LogP contribution in [-0.4, -0.2) is 11.6 Å². The smallest absolute Gasteiger partial charge is 0.198 e. The lowest BCUT2D eigenvalue weighted by atomic mass is 10.0. The van der Waals surface area contributed by atoms with Crippen LogP contribution in [-0.2, 0) is 9.59 Å². The molecule has 24 heavy (non-hydrogen) atoms. The monoisotopic (exact) mass is 336 g/mol. The van der Waals surface area contributed by atoms with E-state index in [-0.39, 0.29) is 11.6 Å². The van der Waals surface area contributed by atoms with E-state index < -0.39 is 0 Å². The number of rotatable bonds is 19. The van der Waals surface area contributed by atoms with Gasteiger partial charge >= 0.3 is 0 Å². The highest BCUT2D eigenvalue weighted by atomic mass is 16.2. The molecule has 0 fully saturated rings. The van der Waals surface area contributed by atoms with Gasteiger partial charge in [-0.2, -0.15) is 0 Å². The molecule has 0 heterocycles. The van der Waals surface area contributed by atoms with Crippen molar-refractivity contribution in [2.45, 2.75) is 116 Å². The molecule has 0 unspecified atom stereocenters. The number of allylic oxidation sites excluding steroid dienone is 1. The quantitative estimate of drug-likeness (QED) is 0.145. The maximum Gasteiger partial charge on any atom is 0.198 e. The first-order chi connectivity index (χ1) is 11.7. The normalized spacial score (nSPS) is 10.7.